The fourth-order valence-corrected chi connectivity index (χ4v) is 3.02. The van der Waals surface area contributed by atoms with Gasteiger partial charge >= 0.3 is 5.97 Å². The van der Waals surface area contributed by atoms with Gasteiger partial charge in [0.1, 0.15) is 6.10 Å². The second-order valence-corrected chi connectivity index (χ2v) is 6.18. The number of benzene rings is 1. The Labute approximate surface area is 118 Å². The molecule has 0 spiro atoms. The summed E-state index contributed by atoms with van der Waals surface area (Å²) in [7, 11) is 0. The Bertz CT molecular complexity index is 514. The Balaban J connectivity index is 1.80. The number of rotatable bonds is 3. The first-order valence-corrected chi connectivity index (χ1v) is 7.09. The third kappa shape index (κ3) is 2.13. The molecule has 4 nitrogen and oxygen atoms in total. The van der Waals surface area contributed by atoms with Crippen LogP contribution in [0, 0.1) is 0 Å². The maximum absolute atomic E-state index is 11.5. The second kappa shape index (κ2) is 4.57. The fraction of sp³-hybridized carbons (Fsp3) is 0.562. The van der Waals surface area contributed by atoms with Crippen molar-refractivity contribution in [3.63, 3.8) is 0 Å². The van der Waals surface area contributed by atoms with E-state index in [-0.39, 0.29) is 6.10 Å². The fourth-order valence-electron chi connectivity index (χ4n) is 3.02. The first kappa shape index (κ1) is 13.6. The molecule has 0 bridgehead atoms. The van der Waals surface area contributed by atoms with Gasteiger partial charge in [-0.05, 0) is 37.8 Å². The molecule has 1 saturated heterocycles. The molecule has 1 saturated carbocycles. The highest BCUT2D eigenvalue weighted by Crippen LogP contribution is 2.44. The normalized spacial score (nSPS) is 27.0. The van der Waals surface area contributed by atoms with Crippen molar-refractivity contribution in [1.82, 2.24) is 0 Å². The Morgan fingerprint density at radius 2 is 1.90 bits per heavy atom. The molecular formula is C16H20O4. The molecule has 0 aromatic heterocycles. The van der Waals surface area contributed by atoms with E-state index in [1.807, 2.05) is 38.1 Å². The lowest BCUT2D eigenvalue weighted by molar-refractivity contribution is -0.147. The molecule has 1 aromatic carbocycles. The molecule has 1 unspecified atom stereocenters. The maximum Gasteiger partial charge on any atom is 0.314 e. The van der Waals surface area contributed by atoms with E-state index in [2.05, 4.69) is 0 Å². The lowest BCUT2D eigenvalue weighted by Gasteiger charge is -2.38. The van der Waals surface area contributed by atoms with E-state index in [1.54, 1.807) is 0 Å². The Morgan fingerprint density at radius 3 is 2.30 bits per heavy atom. The van der Waals surface area contributed by atoms with Crippen LogP contribution in [0.2, 0.25) is 0 Å². The summed E-state index contributed by atoms with van der Waals surface area (Å²) in [6.45, 7) is 4.33. The zero-order valence-corrected chi connectivity index (χ0v) is 11.9. The van der Waals surface area contributed by atoms with Gasteiger partial charge in [-0.3, -0.25) is 4.79 Å². The van der Waals surface area contributed by atoms with E-state index in [0.717, 1.165) is 30.4 Å². The van der Waals surface area contributed by atoms with Gasteiger partial charge in [-0.25, -0.2) is 0 Å². The van der Waals surface area contributed by atoms with Crippen LogP contribution in [0.3, 0.4) is 0 Å². The first-order valence-electron chi connectivity index (χ1n) is 7.09. The van der Waals surface area contributed by atoms with Gasteiger partial charge in [0.25, 0.3) is 0 Å². The van der Waals surface area contributed by atoms with Gasteiger partial charge in [0, 0.05) is 0 Å². The molecule has 1 aliphatic carbocycles. The van der Waals surface area contributed by atoms with Gasteiger partial charge in [-0.15, -0.1) is 0 Å². The number of carbonyl (C=O) groups is 1. The van der Waals surface area contributed by atoms with E-state index >= 15 is 0 Å². The van der Waals surface area contributed by atoms with Crippen LogP contribution in [-0.2, 0) is 19.7 Å². The summed E-state index contributed by atoms with van der Waals surface area (Å²) >= 11 is 0. The number of carboxylic acid groups (broad SMARTS) is 1. The minimum absolute atomic E-state index is 0.0683. The SMILES string of the molecule is CC1(C)OCC(c2ccc(C3(C(=O)O)CCC3)cc2)O1. The summed E-state index contributed by atoms with van der Waals surface area (Å²) in [5.74, 6) is -1.25. The Hall–Kier alpha value is -1.39. The van der Waals surface area contributed by atoms with Crippen LogP contribution in [0.25, 0.3) is 0 Å². The predicted molar refractivity (Wildman–Crippen MR) is 73.5 cm³/mol. The summed E-state index contributed by atoms with van der Waals surface area (Å²) in [6, 6.07) is 7.79. The van der Waals surface area contributed by atoms with Crippen molar-refractivity contribution < 1.29 is 19.4 Å². The second-order valence-electron chi connectivity index (χ2n) is 6.18. The van der Waals surface area contributed by atoms with Gasteiger partial charge in [0.05, 0.1) is 12.0 Å². The third-order valence-electron chi connectivity index (χ3n) is 4.46. The zero-order chi connectivity index (χ0) is 14.4. The molecular weight excluding hydrogens is 256 g/mol. The molecule has 1 heterocycles. The van der Waals surface area contributed by atoms with Crippen LogP contribution in [0.15, 0.2) is 24.3 Å². The summed E-state index contributed by atoms with van der Waals surface area (Å²) in [5.41, 5.74) is 1.28. The molecule has 2 fully saturated rings. The topological polar surface area (TPSA) is 55.8 Å². The van der Waals surface area contributed by atoms with Crippen LogP contribution in [0.4, 0.5) is 0 Å². The van der Waals surface area contributed by atoms with Crippen LogP contribution in [0.1, 0.15) is 50.3 Å². The smallest absolute Gasteiger partial charge is 0.314 e. The molecule has 1 N–H and O–H groups in total. The molecule has 1 aliphatic heterocycles. The van der Waals surface area contributed by atoms with Crippen LogP contribution >= 0.6 is 0 Å². The van der Waals surface area contributed by atoms with Gasteiger partial charge in [-0.1, -0.05) is 30.7 Å². The number of hydrogen-bond acceptors (Lipinski definition) is 3. The molecule has 3 rings (SSSR count). The number of aliphatic carboxylic acids is 1. The monoisotopic (exact) mass is 276 g/mol. The standard InChI is InChI=1S/C16H20O4/c1-15(2)19-10-13(20-15)11-4-6-12(7-5-11)16(14(17)18)8-3-9-16/h4-7,13H,3,8-10H2,1-2H3,(H,17,18). The molecule has 0 radical (unpaired) electrons. The van der Waals surface area contributed by atoms with Crippen molar-refractivity contribution in [2.75, 3.05) is 6.61 Å². The van der Waals surface area contributed by atoms with Crippen molar-refractivity contribution in [1.29, 1.82) is 0 Å². The number of hydrogen-bond donors (Lipinski definition) is 1. The molecule has 4 heteroatoms. The van der Waals surface area contributed by atoms with Gasteiger partial charge in [-0.2, -0.15) is 0 Å². The Kier molecular flexibility index (Phi) is 3.10. The molecule has 20 heavy (non-hydrogen) atoms. The minimum atomic E-state index is -0.710. The third-order valence-corrected chi connectivity index (χ3v) is 4.46. The molecule has 2 aliphatic rings. The highest BCUT2D eigenvalue weighted by molar-refractivity contribution is 5.82. The van der Waals surface area contributed by atoms with Crippen molar-refractivity contribution in [2.24, 2.45) is 0 Å². The van der Waals surface area contributed by atoms with E-state index in [9.17, 15) is 9.90 Å². The molecule has 0 amide bonds. The van der Waals surface area contributed by atoms with Gasteiger partial charge < -0.3 is 14.6 Å². The summed E-state index contributed by atoms with van der Waals surface area (Å²) in [5, 5.41) is 9.44. The quantitative estimate of drug-likeness (QED) is 0.922. The van der Waals surface area contributed by atoms with Crippen molar-refractivity contribution in [3.8, 4) is 0 Å². The van der Waals surface area contributed by atoms with E-state index in [4.69, 9.17) is 9.47 Å². The van der Waals surface area contributed by atoms with Crippen LogP contribution in [0.5, 0.6) is 0 Å². The van der Waals surface area contributed by atoms with Crippen molar-refractivity contribution in [2.45, 2.75) is 50.4 Å². The van der Waals surface area contributed by atoms with E-state index in [1.165, 1.54) is 0 Å². The summed E-state index contributed by atoms with van der Waals surface area (Å²) in [6.07, 6.45) is 2.39. The highest BCUT2D eigenvalue weighted by atomic mass is 16.7. The van der Waals surface area contributed by atoms with Crippen LogP contribution in [-0.4, -0.2) is 23.5 Å². The van der Waals surface area contributed by atoms with Crippen LogP contribution < -0.4 is 0 Å². The Morgan fingerprint density at radius 1 is 1.25 bits per heavy atom. The lowest BCUT2D eigenvalue weighted by atomic mass is 9.64. The molecule has 1 atom stereocenters. The van der Waals surface area contributed by atoms with Crippen molar-refractivity contribution in [3.05, 3.63) is 35.4 Å². The minimum Gasteiger partial charge on any atom is -0.481 e. The number of ether oxygens (including phenoxy) is 2. The van der Waals surface area contributed by atoms with Crippen molar-refractivity contribution >= 4 is 5.97 Å². The lowest BCUT2D eigenvalue weighted by Crippen LogP contribution is -2.42. The summed E-state index contributed by atoms with van der Waals surface area (Å²) < 4.78 is 11.4. The first-order chi connectivity index (χ1) is 9.43. The average molecular weight is 276 g/mol. The summed E-state index contributed by atoms with van der Waals surface area (Å²) in [4.78, 5) is 11.5. The zero-order valence-electron chi connectivity index (χ0n) is 11.9. The van der Waals surface area contributed by atoms with Gasteiger partial charge in [0.2, 0.25) is 0 Å². The number of carboxylic acids is 1. The largest absolute Gasteiger partial charge is 0.481 e. The highest BCUT2D eigenvalue weighted by Gasteiger charge is 2.46. The maximum atomic E-state index is 11.5. The molecule has 108 valence electrons. The predicted octanol–water partition coefficient (Wildman–Crippen LogP) is 3.02. The molecule has 1 aromatic rings. The van der Waals surface area contributed by atoms with E-state index in [0.29, 0.717) is 6.61 Å². The van der Waals surface area contributed by atoms with E-state index < -0.39 is 17.2 Å². The average Bonchev–Trinajstić information content (AvgIpc) is 2.69. The van der Waals surface area contributed by atoms with Gasteiger partial charge in [0.15, 0.2) is 5.79 Å².